The van der Waals surface area contributed by atoms with Crippen molar-refractivity contribution in [1.82, 2.24) is 57.6 Å². The Bertz CT molecular complexity index is 4460. The Morgan fingerprint density at radius 1 is 0.577 bits per heavy atom. The van der Waals surface area contributed by atoms with E-state index in [1.807, 2.05) is 59.5 Å². The zero-order valence-electron chi connectivity index (χ0n) is 56.7. The lowest BCUT2D eigenvalue weighted by Crippen LogP contribution is -2.46. The van der Waals surface area contributed by atoms with Gasteiger partial charge in [0.1, 0.15) is 21.7 Å². The van der Waals surface area contributed by atoms with Gasteiger partial charge < -0.3 is 59.8 Å². The number of imidazole rings is 2. The number of aromatic nitrogens is 11. The first-order valence-electron chi connectivity index (χ1n) is 32.8. The molecule has 0 bridgehead atoms. The Balaban J connectivity index is 0.000000158. The fraction of sp³-hybridized carbons (Fsp3) is 0.471. The molecule has 0 spiro atoms. The lowest BCUT2D eigenvalue weighted by molar-refractivity contribution is -0.120. The topological polar surface area (TPSA) is 278 Å². The number of morpholine rings is 1. The molecule has 3 aromatic carbocycles. The second-order valence-corrected chi connectivity index (χ2v) is 27.2. The number of carbonyl (C=O) groups excluding carboxylic acids is 1. The number of halogens is 3. The standard InChI is InChI=1S/C23H32ClN7O2.C23H31ClN6O2.C22H24ClN5O4/c1-5-29-10-12-30(13-11-29)21-25-15-17(24)20(27-21)26-16-6-7-18-19(14-16)31(22(32)28(18)4)9-8-23(2,3)33;1-15-7-10-29(11-8-15)21-25-14-17(24)20(27-21)26-16-5-6-18-19(13-16)30(22(31)28(18)4)12-9-23(2,3)32;1-3-16(29)13-32-19-11-14-10-15(4-5-18(14)27(2)21(19)30)25-20-17(23)12-24-22(26-20)28-6-8-31-9-7-28/h6-7,14-15,33H,5,8-13H2,1-4H3,(H,25,26,27);5-6,13-15,32H,7-12H2,1-4H3,(H,25,26,27);4-5,10-12H,3,6-9,13H2,1-2H3,(H,24,25,26). The van der Waals surface area contributed by atoms with Crippen LogP contribution in [0.4, 0.5) is 52.4 Å². The van der Waals surface area contributed by atoms with Crippen LogP contribution in [0, 0.1) is 5.92 Å². The van der Waals surface area contributed by atoms with Crippen LogP contribution in [0.15, 0.2) is 93.6 Å². The van der Waals surface area contributed by atoms with E-state index in [0.29, 0.717) is 109 Å². The largest absolute Gasteiger partial charge is 0.480 e. The second-order valence-electron chi connectivity index (χ2n) is 26.0. The van der Waals surface area contributed by atoms with Gasteiger partial charge in [-0.3, -0.25) is 27.9 Å². The van der Waals surface area contributed by atoms with Gasteiger partial charge in [-0.1, -0.05) is 55.6 Å². The van der Waals surface area contributed by atoms with E-state index in [4.69, 9.17) is 44.3 Å². The summed E-state index contributed by atoms with van der Waals surface area (Å²) in [4.78, 5) is 85.6. The van der Waals surface area contributed by atoms with E-state index in [0.717, 1.165) is 115 Å². The SMILES string of the molecule is CC1CCN(c2ncc(Cl)c(Nc3ccc4c(c3)n(CCC(C)(C)O)c(=O)n4C)n2)CC1.CCC(=O)COc1cc2cc(Nc3nc(N4CCOCC4)ncc3Cl)ccc2n(C)c1=O.CCN1CCN(c2ncc(Cl)c(Nc3ccc4c(c3)n(CCC(C)(C)O)c(=O)n4C)n2)CC1. The van der Waals surface area contributed by atoms with Crippen molar-refractivity contribution in [2.24, 2.45) is 27.1 Å². The molecular formula is C68H87Cl3N18O8. The molecule has 12 rings (SSSR count). The van der Waals surface area contributed by atoms with Crippen molar-refractivity contribution in [1.29, 1.82) is 0 Å². The smallest absolute Gasteiger partial charge is 0.328 e. The predicted octanol–water partition coefficient (Wildman–Crippen LogP) is 9.67. The molecule has 26 nitrogen and oxygen atoms in total. The van der Waals surface area contributed by atoms with Crippen LogP contribution in [0.1, 0.15) is 80.6 Å². The summed E-state index contributed by atoms with van der Waals surface area (Å²) in [5.74, 6) is 4.24. The number of nitrogens with zero attached hydrogens (tertiary/aromatic N) is 15. The number of aliphatic hydroxyl groups is 2. The van der Waals surface area contributed by atoms with Crippen LogP contribution < -0.4 is 52.3 Å². The van der Waals surface area contributed by atoms with Crippen LogP contribution in [0.2, 0.25) is 15.1 Å². The number of nitrogens with one attached hydrogen (secondary N) is 3. The van der Waals surface area contributed by atoms with Gasteiger partial charge in [-0.15, -0.1) is 0 Å². The number of ether oxygens (including phenoxy) is 2. The van der Waals surface area contributed by atoms with Crippen molar-refractivity contribution >= 4 is 126 Å². The molecule has 0 atom stereocenters. The molecule has 3 saturated heterocycles. The van der Waals surface area contributed by atoms with Crippen LogP contribution in [-0.4, -0.2) is 164 Å². The molecular weight excluding hydrogens is 1300 g/mol. The van der Waals surface area contributed by atoms with Crippen molar-refractivity contribution in [3.63, 3.8) is 0 Å². The van der Waals surface area contributed by atoms with Crippen molar-refractivity contribution in [2.45, 2.75) is 105 Å². The minimum atomic E-state index is -0.856. The number of piperidine rings is 1. The van der Waals surface area contributed by atoms with E-state index in [1.165, 1.54) is 4.57 Å². The fourth-order valence-corrected chi connectivity index (χ4v) is 11.9. The van der Waals surface area contributed by atoms with Gasteiger partial charge in [-0.05, 0) is 127 Å². The summed E-state index contributed by atoms with van der Waals surface area (Å²) in [7, 11) is 5.18. The second kappa shape index (κ2) is 31.0. The monoisotopic (exact) mass is 1390 g/mol. The minimum absolute atomic E-state index is 0.0722. The Morgan fingerprint density at radius 3 is 1.43 bits per heavy atom. The van der Waals surface area contributed by atoms with Crippen LogP contribution in [-0.2, 0) is 43.8 Å². The maximum atomic E-state index is 12.8. The van der Waals surface area contributed by atoms with Gasteiger partial charge in [0, 0.05) is 115 Å². The number of ketones is 1. The number of hydrogen-bond acceptors (Lipinski definition) is 21. The lowest BCUT2D eigenvalue weighted by Gasteiger charge is -2.34. The summed E-state index contributed by atoms with van der Waals surface area (Å²) in [6.07, 6.45) is 8.37. The summed E-state index contributed by atoms with van der Waals surface area (Å²) >= 11 is 19.1. The summed E-state index contributed by atoms with van der Waals surface area (Å²) in [6, 6.07) is 18.6. The summed E-state index contributed by atoms with van der Waals surface area (Å²) in [5.41, 5.74) is 4.03. The molecule has 3 aliphatic heterocycles. The third-order valence-corrected chi connectivity index (χ3v) is 18.4. The summed E-state index contributed by atoms with van der Waals surface area (Å²) in [6.45, 7) is 23.2. The maximum absolute atomic E-state index is 12.8. The Labute approximate surface area is 577 Å². The third kappa shape index (κ3) is 17.7. The first-order valence-corrected chi connectivity index (χ1v) is 33.9. The van der Waals surface area contributed by atoms with E-state index >= 15 is 0 Å². The number of pyridine rings is 1. The molecule has 3 aliphatic rings. The number of likely N-dealkylation sites (N-methyl/N-ethyl adjacent to an activating group) is 1. The number of carbonyl (C=O) groups is 1. The van der Waals surface area contributed by atoms with Crippen LogP contribution in [0.3, 0.4) is 0 Å². The normalized spacial score (nSPS) is 14.9. The van der Waals surface area contributed by atoms with Crippen LogP contribution in [0.5, 0.6) is 5.75 Å². The number of aryl methyl sites for hydroxylation is 5. The van der Waals surface area contributed by atoms with E-state index in [2.05, 4.69) is 74.4 Å². The molecule has 3 fully saturated rings. The molecule has 0 aliphatic carbocycles. The van der Waals surface area contributed by atoms with Crippen molar-refractivity contribution in [2.75, 3.05) is 109 Å². The molecule has 97 heavy (non-hydrogen) atoms. The highest BCUT2D eigenvalue weighted by molar-refractivity contribution is 6.33. The number of benzene rings is 3. The van der Waals surface area contributed by atoms with Gasteiger partial charge >= 0.3 is 11.4 Å². The molecule has 6 aromatic heterocycles. The predicted molar refractivity (Wildman–Crippen MR) is 385 cm³/mol. The van der Waals surface area contributed by atoms with E-state index in [1.54, 1.807) is 98.7 Å². The Hall–Kier alpha value is -8.37. The number of Topliss-reactive ketones (excluding diaryl/α,β-unsaturated/α-hetero) is 1. The van der Waals surface area contributed by atoms with E-state index in [9.17, 15) is 29.4 Å². The molecule has 0 amide bonds. The van der Waals surface area contributed by atoms with Gasteiger partial charge in [0.2, 0.25) is 17.8 Å². The number of fused-ring (bicyclic) bond motifs is 3. The molecule has 29 heteroatoms. The van der Waals surface area contributed by atoms with Gasteiger partial charge in [0.05, 0.1) is 70.6 Å². The lowest BCUT2D eigenvalue weighted by atomic mass is 10.00. The molecule has 9 aromatic rings. The zero-order valence-corrected chi connectivity index (χ0v) is 59.0. The number of rotatable bonds is 20. The molecule has 9 heterocycles. The first-order chi connectivity index (χ1) is 46.2. The quantitative estimate of drug-likeness (QED) is 0.0475. The fourth-order valence-electron chi connectivity index (χ4n) is 11.5. The maximum Gasteiger partial charge on any atom is 0.328 e. The van der Waals surface area contributed by atoms with Crippen LogP contribution >= 0.6 is 34.8 Å². The Kier molecular flexibility index (Phi) is 22.8. The van der Waals surface area contributed by atoms with E-state index < -0.39 is 11.2 Å². The summed E-state index contributed by atoms with van der Waals surface area (Å²) in [5, 5.41) is 32.1. The molecule has 0 unspecified atom stereocenters. The van der Waals surface area contributed by atoms with Crippen LogP contribution in [0.25, 0.3) is 33.0 Å². The highest BCUT2D eigenvalue weighted by Gasteiger charge is 2.24. The van der Waals surface area contributed by atoms with Gasteiger partial charge in [0.25, 0.3) is 5.56 Å². The number of anilines is 9. The highest BCUT2D eigenvalue weighted by atomic mass is 35.5. The van der Waals surface area contributed by atoms with Gasteiger partial charge in [-0.25, -0.2) is 24.5 Å². The Morgan fingerprint density at radius 2 is 1.00 bits per heavy atom. The minimum Gasteiger partial charge on any atom is -0.480 e. The zero-order chi connectivity index (χ0) is 69.5. The van der Waals surface area contributed by atoms with Crippen molar-refractivity contribution < 1.29 is 24.5 Å². The summed E-state index contributed by atoms with van der Waals surface area (Å²) < 4.78 is 19.0. The van der Waals surface area contributed by atoms with Gasteiger partial charge in [0.15, 0.2) is 29.0 Å². The molecule has 5 N–H and O–H groups in total. The highest BCUT2D eigenvalue weighted by Crippen LogP contribution is 2.32. The molecule has 518 valence electrons. The third-order valence-electron chi connectivity index (χ3n) is 17.6. The van der Waals surface area contributed by atoms with Crippen molar-refractivity contribution in [3.05, 3.63) is 126 Å². The van der Waals surface area contributed by atoms with Gasteiger partial charge in [-0.2, -0.15) is 15.0 Å². The first kappa shape index (κ1) is 71.4. The number of piperazine rings is 1. The van der Waals surface area contributed by atoms with E-state index in [-0.39, 0.29) is 35.1 Å². The average Bonchev–Trinajstić information content (AvgIpc) is 1.72. The molecule has 0 radical (unpaired) electrons. The molecule has 0 saturated carbocycles. The van der Waals surface area contributed by atoms with Crippen molar-refractivity contribution in [3.8, 4) is 5.75 Å². The number of hydrogen-bond donors (Lipinski definition) is 5. The average molecular weight is 1390 g/mol.